The Labute approximate surface area is 186 Å². The summed E-state index contributed by atoms with van der Waals surface area (Å²) in [7, 11) is 0. The number of piperidine rings is 1. The van der Waals surface area contributed by atoms with Gasteiger partial charge < -0.3 is 20.2 Å². The molecule has 9 heteroatoms. The topological polar surface area (TPSA) is 90.0 Å². The van der Waals surface area contributed by atoms with Gasteiger partial charge in [0.05, 0.1) is 10.0 Å². The summed E-state index contributed by atoms with van der Waals surface area (Å²) in [6.45, 7) is 4.31. The van der Waals surface area contributed by atoms with Crippen molar-refractivity contribution >= 4 is 41.1 Å². The number of nitrogens with one attached hydrogen (secondary N) is 1. The van der Waals surface area contributed by atoms with Crippen LogP contribution in [0.1, 0.15) is 37.7 Å². The van der Waals surface area contributed by atoms with Crippen LogP contribution in [-0.4, -0.2) is 65.5 Å². The number of carbonyl (C=O) groups excluding carboxylic acids is 2. The van der Waals surface area contributed by atoms with E-state index in [-0.39, 0.29) is 36.1 Å². The highest BCUT2D eigenvalue weighted by atomic mass is 35.5. The predicted octanol–water partition coefficient (Wildman–Crippen LogP) is 3.45. The van der Waals surface area contributed by atoms with E-state index >= 15 is 0 Å². The molecule has 2 N–H and O–H groups in total. The molecule has 7 nitrogen and oxygen atoms in total. The van der Waals surface area contributed by atoms with Crippen molar-refractivity contribution in [3.05, 3.63) is 33.8 Å². The van der Waals surface area contributed by atoms with Crippen LogP contribution in [0.2, 0.25) is 10.0 Å². The lowest BCUT2D eigenvalue weighted by atomic mass is 9.89. The van der Waals surface area contributed by atoms with Gasteiger partial charge in [0.25, 0.3) is 0 Å². The van der Waals surface area contributed by atoms with Gasteiger partial charge in [0, 0.05) is 56.9 Å². The zero-order valence-electron chi connectivity index (χ0n) is 16.9. The van der Waals surface area contributed by atoms with E-state index in [9.17, 15) is 14.4 Å². The van der Waals surface area contributed by atoms with Gasteiger partial charge in [-0.1, -0.05) is 36.2 Å². The second kappa shape index (κ2) is 9.88. The molecule has 30 heavy (non-hydrogen) atoms. The van der Waals surface area contributed by atoms with Crippen LogP contribution in [0.25, 0.3) is 0 Å². The Bertz CT molecular complexity index is 811. The molecular formula is C21H27Cl2N3O4. The Hall–Kier alpha value is -1.99. The summed E-state index contributed by atoms with van der Waals surface area (Å²) >= 11 is 12.2. The van der Waals surface area contributed by atoms with Gasteiger partial charge in [-0.3, -0.25) is 9.59 Å². The number of carbonyl (C=O) groups is 3. The molecule has 3 amide bonds. The first-order valence-electron chi connectivity index (χ1n) is 10.3. The molecule has 0 aromatic heterocycles. The molecular weight excluding hydrogens is 429 g/mol. The molecule has 2 heterocycles. The summed E-state index contributed by atoms with van der Waals surface area (Å²) in [6, 6.07) is 5.41. The number of likely N-dealkylation sites (tertiary alicyclic amines) is 2. The molecule has 0 saturated carbocycles. The predicted molar refractivity (Wildman–Crippen MR) is 115 cm³/mol. The zero-order chi connectivity index (χ0) is 21.8. The molecule has 164 valence electrons. The Morgan fingerprint density at radius 2 is 1.80 bits per heavy atom. The summed E-state index contributed by atoms with van der Waals surface area (Å²) in [4.78, 5) is 39.7. The molecule has 2 saturated heterocycles. The first kappa shape index (κ1) is 22.7. The maximum Gasteiger partial charge on any atom is 0.404 e. The van der Waals surface area contributed by atoms with Crippen molar-refractivity contribution in [1.82, 2.24) is 15.1 Å². The second-order valence-electron chi connectivity index (χ2n) is 7.98. The van der Waals surface area contributed by atoms with Gasteiger partial charge in [-0.2, -0.15) is 0 Å². The van der Waals surface area contributed by atoms with Crippen LogP contribution in [-0.2, 0) is 9.59 Å². The Morgan fingerprint density at radius 1 is 1.10 bits per heavy atom. The molecule has 1 aromatic carbocycles. The maximum atomic E-state index is 13.2. The molecule has 2 aliphatic heterocycles. The third-order valence-corrected chi connectivity index (χ3v) is 6.88. The van der Waals surface area contributed by atoms with E-state index in [0.717, 1.165) is 5.56 Å². The van der Waals surface area contributed by atoms with Gasteiger partial charge in [0.2, 0.25) is 11.8 Å². The van der Waals surface area contributed by atoms with Crippen molar-refractivity contribution in [1.29, 1.82) is 0 Å². The van der Waals surface area contributed by atoms with Gasteiger partial charge in [0.15, 0.2) is 0 Å². The first-order valence-corrected chi connectivity index (χ1v) is 11.0. The molecule has 0 aliphatic carbocycles. The summed E-state index contributed by atoms with van der Waals surface area (Å²) in [5.74, 6) is 0.0240. The fraction of sp³-hybridized carbons (Fsp3) is 0.571. The first-order chi connectivity index (χ1) is 14.3. The average Bonchev–Trinajstić information content (AvgIpc) is 3.17. The molecule has 0 bridgehead atoms. The molecule has 2 atom stereocenters. The van der Waals surface area contributed by atoms with Crippen LogP contribution in [0.4, 0.5) is 4.79 Å². The van der Waals surface area contributed by atoms with Crippen molar-refractivity contribution in [2.45, 2.75) is 32.1 Å². The van der Waals surface area contributed by atoms with E-state index in [1.54, 1.807) is 12.1 Å². The smallest absolute Gasteiger partial charge is 0.404 e. The van der Waals surface area contributed by atoms with Gasteiger partial charge >= 0.3 is 6.09 Å². The van der Waals surface area contributed by atoms with Crippen molar-refractivity contribution in [3.8, 4) is 0 Å². The summed E-state index contributed by atoms with van der Waals surface area (Å²) in [5, 5.41) is 12.4. The molecule has 2 aliphatic rings. The number of nitrogens with zero attached hydrogens (tertiary/aromatic N) is 2. The lowest BCUT2D eigenvalue weighted by Crippen LogP contribution is -2.44. The quantitative estimate of drug-likeness (QED) is 0.710. The molecule has 0 spiro atoms. The number of hydrogen-bond donors (Lipinski definition) is 2. The molecule has 1 aromatic rings. The Balaban J connectivity index is 1.69. The second-order valence-corrected chi connectivity index (χ2v) is 8.79. The maximum absolute atomic E-state index is 13.2. The normalized spacial score (nSPS) is 22.2. The number of carboxylic acid groups (broad SMARTS) is 1. The molecule has 0 unspecified atom stereocenters. The summed E-state index contributed by atoms with van der Waals surface area (Å²) < 4.78 is 0. The number of benzene rings is 1. The van der Waals surface area contributed by atoms with Crippen molar-refractivity contribution in [2.75, 3.05) is 32.7 Å². The largest absolute Gasteiger partial charge is 0.465 e. The monoisotopic (exact) mass is 455 g/mol. The highest BCUT2D eigenvalue weighted by molar-refractivity contribution is 6.42. The van der Waals surface area contributed by atoms with Crippen LogP contribution in [0.3, 0.4) is 0 Å². The van der Waals surface area contributed by atoms with E-state index in [4.69, 9.17) is 28.3 Å². The molecule has 2 fully saturated rings. The fourth-order valence-corrected chi connectivity index (χ4v) is 4.76. The molecule has 0 radical (unpaired) electrons. The van der Waals surface area contributed by atoms with E-state index in [1.165, 1.54) is 0 Å². The van der Waals surface area contributed by atoms with Crippen molar-refractivity contribution < 1.29 is 19.5 Å². The van der Waals surface area contributed by atoms with E-state index in [2.05, 4.69) is 5.32 Å². The van der Waals surface area contributed by atoms with Crippen molar-refractivity contribution in [3.63, 3.8) is 0 Å². The highest BCUT2D eigenvalue weighted by Gasteiger charge is 2.39. The standard InChI is InChI=1S/C21H27Cl2N3O4/c1-2-19(27)25-7-5-13(6-8-25)20(28)26-11-15(10-24-21(29)30)16(12-26)14-3-4-17(22)18(23)9-14/h3-4,9,13,15-16,24H,2,5-8,10-12H2,1H3,(H,29,30)/t15-,16-/m1/s1. The van der Waals surface area contributed by atoms with Crippen LogP contribution >= 0.6 is 23.2 Å². The van der Waals surface area contributed by atoms with Crippen molar-refractivity contribution in [2.24, 2.45) is 11.8 Å². The van der Waals surface area contributed by atoms with Crippen LogP contribution in [0, 0.1) is 11.8 Å². The third kappa shape index (κ3) is 5.19. The minimum absolute atomic E-state index is 0.0303. The summed E-state index contributed by atoms with van der Waals surface area (Å²) in [6.07, 6.45) is 0.724. The van der Waals surface area contributed by atoms with Crippen LogP contribution in [0.15, 0.2) is 18.2 Å². The highest BCUT2D eigenvalue weighted by Crippen LogP contribution is 2.36. The van der Waals surface area contributed by atoms with Gasteiger partial charge in [-0.25, -0.2) is 4.79 Å². The van der Waals surface area contributed by atoms with E-state index in [0.29, 0.717) is 55.5 Å². The Kier molecular flexibility index (Phi) is 7.47. The SMILES string of the molecule is CCC(=O)N1CCC(C(=O)N2C[C@@H](CNC(=O)O)[C@@H](c3ccc(Cl)c(Cl)c3)C2)CC1. The van der Waals surface area contributed by atoms with Gasteiger partial charge in [0.1, 0.15) is 0 Å². The van der Waals surface area contributed by atoms with E-state index < -0.39 is 6.09 Å². The number of halogens is 2. The van der Waals surface area contributed by atoms with Gasteiger partial charge in [-0.05, 0) is 30.5 Å². The minimum atomic E-state index is -1.08. The summed E-state index contributed by atoms with van der Waals surface area (Å²) in [5.41, 5.74) is 0.945. The lowest BCUT2D eigenvalue weighted by molar-refractivity contribution is -0.140. The van der Waals surface area contributed by atoms with Gasteiger partial charge in [-0.15, -0.1) is 0 Å². The third-order valence-electron chi connectivity index (χ3n) is 6.14. The lowest BCUT2D eigenvalue weighted by Gasteiger charge is -2.33. The zero-order valence-corrected chi connectivity index (χ0v) is 18.5. The fourth-order valence-electron chi connectivity index (χ4n) is 4.45. The number of rotatable bonds is 5. The van der Waals surface area contributed by atoms with Crippen LogP contribution < -0.4 is 5.32 Å². The molecule has 3 rings (SSSR count). The Morgan fingerprint density at radius 3 is 2.40 bits per heavy atom. The average molecular weight is 456 g/mol. The minimum Gasteiger partial charge on any atom is -0.465 e. The van der Waals surface area contributed by atoms with Crippen LogP contribution in [0.5, 0.6) is 0 Å². The number of amides is 3. The number of hydrogen-bond acceptors (Lipinski definition) is 3. The van der Waals surface area contributed by atoms with E-state index in [1.807, 2.05) is 22.8 Å².